The van der Waals surface area contributed by atoms with Gasteiger partial charge in [-0.2, -0.15) is 0 Å². The molecule has 0 spiro atoms. The van der Waals surface area contributed by atoms with Gasteiger partial charge in [0.15, 0.2) is 0 Å². The van der Waals surface area contributed by atoms with Crippen molar-refractivity contribution >= 4 is 40.6 Å². The van der Waals surface area contributed by atoms with Crippen LogP contribution in [0.2, 0.25) is 5.02 Å². The number of fused-ring (bicyclic) bond motifs is 2. The van der Waals surface area contributed by atoms with Crippen LogP contribution in [0, 0.1) is 0 Å². The maximum absolute atomic E-state index is 13.2. The number of nitrogens with zero attached hydrogens (tertiary/aromatic N) is 1. The van der Waals surface area contributed by atoms with Crippen LogP contribution in [0.15, 0.2) is 52.3 Å². The van der Waals surface area contributed by atoms with E-state index in [4.69, 9.17) is 11.6 Å². The van der Waals surface area contributed by atoms with E-state index in [0.717, 1.165) is 21.2 Å². The lowest BCUT2D eigenvalue weighted by molar-refractivity contribution is -0.120. The molecule has 24 heavy (non-hydrogen) atoms. The highest BCUT2D eigenvalue weighted by atomic mass is 35.5. The predicted molar refractivity (Wildman–Crippen MR) is 102 cm³/mol. The lowest BCUT2D eigenvalue weighted by Gasteiger charge is -2.35. The van der Waals surface area contributed by atoms with Crippen molar-refractivity contribution in [3.8, 4) is 0 Å². The summed E-state index contributed by atoms with van der Waals surface area (Å²) in [5, 5.41) is 3.99. The first kappa shape index (κ1) is 17.3. The lowest BCUT2D eigenvalue weighted by Crippen LogP contribution is -2.50. The zero-order chi connectivity index (χ0) is 17.5. The lowest BCUT2D eigenvalue weighted by atomic mass is 10.1. The third kappa shape index (κ3) is 3.46. The number of anilines is 2. The number of nitrogens with one attached hydrogen (secondary N) is 1. The predicted octanol–water partition coefficient (Wildman–Crippen LogP) is 5.25. The van der Waals surface area contributed by atoms with Gasteiger partial charge in [-0.25, -0.2) is 0 Å². The Balaban J connectivity index is 2.06. The number of halogens is 1. The van der Waals surface area contributed by atoms with Crippen molar-refractivity contribution in [2.75, 3.05) is 4.90 Å². The van der Waals surface area contributed by atoms with Crippen molar-refractivity contribution in [1.29, 1.82) is 0 Å². The molecule has 3 nitrogen and oxygen atoms in total. The van der Waals surface area contributed by atoms with Crippen LogP contribution in [0.4, 0.5) is 11.4 Å². The van der Waals surface area contributed by atoms with E-state index in [9.17, 15) is 4.79 Å². The van der Waals surface area contributed by atoms with Crippen LogP contribution in [-0.4, -0.2) is 17.5 Å². The smallest absolute Gasteiger partial charge is 0.248 e. The molecule has 0 fully saturated rings. The second-order valence-corrected chi connectivity index (χ2v) is 8.49. The van der Waals surface area contributed by atoms with Crippen LogP contribution in [0.5, 0.6) is 0 Å². The molecular weight excluding hydrogens is 340 g/mol. The molecule has 0 saturated heterocycles. The molecule has 0 bridgehead atoms. The Morgan fingerprint density at radius 2 is 1.79 bits per heavy atom. The van der Waals surface area contributed by atoms with Crippen LogP contribution in [0.3, 0.4) is 0 Å². The third-order valence-electron chi connectivity index (χ3n) is 3.73. The molecule has 3 rings (SSSR count). The van der Waals surface area contributed by atoms with Crippen molar-refractivity contribution < 1.29 is 4.79 Å². The molecular formula is C19H21ClN2OS. The fourth-order valence-corrected chi connectivity index (χ4v) is 4.07. The second-order valence-electron chi connectivity index (χ2n) is 6.97. The van der Waals surface area contributed by atoms with Gasteiger partial charge in [-0.1, -0.05) is 35.5 Å². The maximum atomic E-state index is 13.2. The van der Waals surface area contributed by atoms with Crippen LogP contribution < -0.4 is 10.2 Å². The largest absolute Gasteiger partial charge is 0.301 e. The number of carbonyl (C=O) groups excluding carboxylic acids is 1. The summed E-state index contributed by atoms with van der Waals surface area (Å²) in [7, 11) is 0. The van der Waals surface area contributed by atoms with E-state index in [1.54, 1.807) is 16.7 Å². The van der Waals surface area contributed by atoms with E-state index in [1.165, 1.54) is 0 Å². The molecule has 126 valence electrons. The highest BCUT2D eigenvalue weighted by Gasteiger charge is 2.32. The number of hydrogen-bond donors (Lipinski definition) is 1. The fraction of sp³-hybridized carbons (Fsp3) is 0.316. The summed E-state index contributed by atoms with van der Waals surface area (Å²) in [5.41, 5.74) is 1.61. The van der Waals surface area contributed by atoms with Gasteiger partial charge in [0.05, 0.1) is 17.4 Å². The molecule has 5 heteroatoms. The molecule has 1 heterocycles. The Morgan fingerprint density at radius 1 is 1.12 bits per heavy atom. The highest BCUT2D eigenvalue weighted by molar-refractivity contribution is 7.99. The zero-order valence-electron chi connectivity index (χ0n) is 14.3. The molecule has 1 aliphatic heterocycles. The Bertz CT molecular complexity index is 785. The van der Waals surface area contributed by atoms with Crippen molar-refractivity contribution in [3.63, 3.8) is 0 Å². The number of rotatable bonds is 2. The normalized spacial score (nSPS) is 14.8. The summed E-state index contributed by atoms with van der Waals surface area (Å²) in [6.45, 7) is 8.08. The van der Waals surface area contributed by atoms with Crippen molar-refractivity contribution in [2.45, 2.75) is 49.1 Å². The molecule has 1 N–H and O–H groups in total. The molecule has 1 unspecified atom stereocenters. The average Bonchev–Trinajstić information content (AvgIpc) is 2.50. The third-order valence-corrected chi connectivity index (χ3v) is 5.09. The van der Waals surface area contributed by atoms with Gasteiger partial charge in [0, 0.05) is 20.4 Å². The van der Waals surface area contributed by atoms with Gasteiger partial charge in [-0.05, 0) is 58.0 Å². The van der Waals surface area contributed by atoms with Crippen molar-refractivity contribution in [2.24, 2.45) is 0 Å². The minimum absolute atomic E-state index is 0.0150. The van der Waals surface area contributed by atoms with Crippen LogP contribution >= 0.6 is 23.4 Å². The molecule has 0 radical (unpaired) electrons. The summed E-state index contributed by atoms with van der Waals surface area (Å²) in [6.07, 6.45) is 0. The van der Waals surface area contributed by atoms with Gasteiger partial charge < -0.3 is 5.32 Å². The fourth-order valence-electron chi connectivity index (χ4n) is 2.87. The Hall–Kier alpha value is -1.49. The van der Waals surface area contributed by atoms with Crippen molar-refractivity contribution in [3.05, 3.63) is 47.5 Å². The van der Waals surface area contributed by atoms with Crippen LogP contribution in [0.25, 0.3) is 0 Å². The first-order valence-electron chi connectivity index (χ1n) is 7.94. The molecule has 0 aliphatic carbocycles. The van der Waals surface area contributed by atoms with Gasteiger partial charge in [-0.3, -0.25) is 9.69 Å². The SMILES string of the molecule is CC(NC(C)(C)C)C(=O)N1c2ccccc2Sc2ccc(Cl)cc21. The molecule has 1 aliphatic rings. The van der Waals surface area contributed by atoms with E-state index >= 15 is 0 Å². The number of para-hydroxylation sites is 1. The number of benzene rings is 2. The van der Waals surface area contributed by atoms with E-state index < -0.39 is 0 Å². The van der Waals surface area contributed by atoms with E-state index in [1.807, 2.05) is 49.4 Å². The Kier molecular flexibility index (Phi) is 4.65. The monoisotopic (exact) mass is 360 g/mol. The standard InChI is InChI=1S/C19H21ClN2OS/c1-12(21-19(2,3)4)18(23)22-14-7-5-6-8-16(14)24-17-10-9-13(20)11-15(17)22/h5-12,21H,1-4H3. The van der Waals surface area contributed by atoms with E-state index in [2.05, 4.69) is 26.1 Å². The molecule has 2 aromatic rings. The Morgan fingerprint density at radius 3 is 2.50 bits per heavy atom. The van der Waals surface area contributed by atoms with Gasteiger partial charge in [-0.15, -0.1) is 0 Å². The molecule has 1 atom stereocenters. The first-order valence-corrected chi connectivity index (χ1v) is 9.14. The highest BCUT2D eigenvalue weighted by Crippen LogP contribution is 2.48. The summed E-state index contributed by atoms with van der Waals surface area (Å²) >= 11 is 7.86. The molecule has 1 amide bonds. The minimum Gasteiger partial charge on any atom is -0.301 e. The number of hydrogen-bond acceptors (Lipinski definition) is 3. The maximum Gasteiger partial charge on any atom is 0.248 e. The van der Waals surface area contributed by atoms with Gasteiger partial charge in [0.1, 0.15) is 0 Å². The minimum atomic E-state index is -0.312. The summed E-state index contributed by atoms with van der Waals surface area (Å²) in [5.74, 6) is 0.0150. The Labute approximate surface area is 152 Å². The first-order chi connectivity index (χ1) is 11.3. The summed E-state index contributed by atoms with van der Waals surface area (Å²) in [4.78, 5) is 17.1. The molecule has 2 aromatic carbocycles. The summed E-state index contributed by atoms with van der Waals surface area (Å²) < 4.78 is 0. The number of amides is 1. The molecule has 0 aromatic heterocycles. The summed E-state index contributed by atoms with van der Waals surface area (Å²) in [6, 6.07) is 13.4. The topological polar surface area (TPSA) is 32.3 Å². The quantitative estimate of drug-likeness (QED) is 0.794. The second kappa shape index (κ2) is 6.43. The van der Waals surface area contributed by atoms with Crippen molar-refractivity contribution in [1.82, 2.24) is 5.32 Å². The number of carbonyl (C=O) groups is 1. The van der Waals surface area contributed by atoms with E-state index in [0.29, 0.717) is 5.02 Å². The average molecular weight is 361 g/mol. The van der Waals surface area contributed by atoms with E-state index in [-0.39, 0.29) is 17.5 Å². The zero-order valence-corrected chi connectivity index (χ0v) is 15.8. The van der Waals surface area contributed by atoms with Gasteiger partial charge in [0.25, 0.3) is 0 Å². The molecule has 0 saturated carbocycles. The van der Waals surface area contributed by atoms with Crippen LogP contribution in [-0.2, 0) is 4.79 Å². The van der Waals surface area contributed by atoms with Crippen LogP contribution in [0.1, 0.15) is 27.7 Å². The van der Waals surface area contributed by atoms with Gasteiger partial charge in [0.2, 0.25) is 5.91 Å². The van der Waals surface area contributed by atoms with Gasteiger partial charge >= 0.3 is 0 Å².